The molecule has 0 bridgehead atoms. The summed E-state index contributed by atoms with van der Waals surface area (Å²) < 4.78 is 0. The van der Waals surface area contributed by atoms with Crippen molar-refractivity contribution in [2.45, 2.75) is 78.6 Å². The molecule has 1 radical (unpaired) electrons. The Balaban J connectivity index is 3.26. The van der Waals surface area contributed by atoms with Gasteiger partial charge in [0, 0.05) is 0 Å². The molecule has 0 saturated carbocycles. The van der Waals surface area contributed by atoms with Crippen molar-refractivity contribution < 1.29 is 0 Å². The summed E-state index contributed by atoms with van der Waals surface area (Å²) in [7, 11) is 0. The minimum atomic E-state index is 0.534. The lowest BCUT2D eigenvalue weighted by Crippen LogP contribution is -2.10. The standard InChI is InChI=1S/C14H29/c1-5-7-8-9-10-11-13-14(3,4)12-6-2/h2,5-13H2,1,3-4H3. The molecule has 0 unspecified atom stereocenters. The van der Waals surface area contributed by atoms with Gasteiger partial charge in [-0.3, -0.25) is 0 Å². The van der Waals surface area contributed by atoms with E-state index in [0.717, 1.165) is 6.42 Å². The highest BCUT2D eigenvalue weighted by atomic mass is 14.2. The Labute approximate surface area is 91.5 Å². The van der Waals surface area contributed by atoms with Crippen LogP contribution in [0.2, 0.25) is 0 Å². The zero-order valence-corrected chi connectivity index (χ0v) is 10.6. The number of rotatable bonds is 9. The molecule has 0 rings (SSSR count). The van der Waals surface area contributed by atoms with Gasteiger partial charge in [0.1, 0.15) is 0 Å². The second kappa shape index (κ2) is 8.32. The third kappa shape index (κ3) is 8.59. The summed E-state index contributed by atoms with van der Waals surface area (Å²) in [5.41, 5.74) is 0.534. The summed E-state index contributed by atoms with van der Waals surface area (Å²) in [6, 6.07) is 0. The highest BCUT2D eigenvalue weighted by molar-refractivity contribution is 4.68. The van der Waals surface area contributed by atoms with Crippen LogP contribution < -0.4 is 0 Å². The van der Waals surface area contributed by atoms with Crippen molar-refractivity contribution >= 4 is 0 Å². The first-order valence-electron chi connectivity index (χ1n) is 6.41. The van der Waals surface area contributed by atoms with Crippen molar-refractivity contribution in [1.29, 1.82) is 0 Å². The molecule has 0 atom stereocenters. The van der Waals surface area contributed by atoms with Gasteiger partial charge >= 0.3 is 0 Å². The van der Waals surface area contributed by atoms with Crippen LogP contribution in [-0.2, 0) is 0 Å². The van der Waals surface area contributed by atoms with Crippen LogP contribution in [0.15, 0.2) is 0 Å². The Kier molecular flexibility index (Phi) is 8.32. The van der Waals surface area contributed by atoms with E-state index in [4.69, 9.17) is 0 Å². The van der Waals surface area contributed by atoms with Gasteiger partial charge in [-0.2, -0.15) is 0 Å². The number of hydrogen-bond donors (Lipinski definition) is 0. The summed E-state index contributed by atoms with van der Waals surface area (Å²) in [5.74, 6) is 0. The van der Waals surface area contributed by atoms with E-state index in [0.29, 0.717) is 5.41 Å². The highest BCUT2D eigenvalue weighted by Gasteiger charge is 2.15. The van der Waals surface area contributed by atoms with Gasteiger partial charge in [0.05, 0.1) is 0 Å². The molecule has 0 aromatic rings. The maximum absolute atomic E-state index is 3.94. The summed E-state index contributed by atoms with van der Waals surface area (Å²) in [5, 5.41) is 0. The number of hydrogen-bond acceptors (Lipinski definition) is 0. The van der Waals surface area contributed by atoms with Gasteiger partial charge in [-0.25, -0.2) is 0 Å². The highest BCUT2D eigenvalue weighted by Crippen LogP contribution is 2.29. The smallest absolute Gasteiger partial charge is 0.0354 e. The molecule has 0 heterocycles. The summed E-state index contributed by atoms with van der Waals surface area (Å²) in [4.78, 5) is 0. The maximum atomic E-state index is 3.94. The van der Waals surface area contributed by atoms with E-state index in [1.165, 1.54) is 51.4 Å². The third-order valence-electron chi connectivity index (χ3n) is 3.06. The van der Waals surface area contributed by atoms with Gasteiger partial charge in [0.25, 0.3) is 0 Å². The molecule has 0 saturated heterocycles. The lowest BCUT2D eigenvalue weighted by molar-refractivity contribution is 0.296. The fourth-order valence-corrected chi connectivity index (χ4v) is 1.99. The summed E-state index contributed by atoms with van der Waals surface area (Å²) in [6.45, 7) is 11.0. The minimum Gasteiger partial charge on any atom is -0.0654 e. The fourth-order valence-electron chi connectivity index (χ4n) is 1.99. The van der Waals surface area contributed by atoms with Gasteiger partial charge in [-0.05, 0) is 18.3 Å². The van der Waals surface area contributed by atoms with Crippen molar-refractivity contribution in [2.75, 3.05) is 0 Å². The van der Waals surface area contributed by atoms with E-state index in [9.17, 15) is 0 Å². The first-order valence-corrected chi connectivity index (χ1v) is 6.41. The molecule has 85 valence electrons. The fraction of sp³-hybridized carbons (Fsp3) is 0.929. The van der Waals surface area contributed by atoms with Crippen LogP contribution in [0.25, 0.3) is 0 Å². The molecule has 0 aliphatic carbocycles. The van der Waals surface area contributed by atoms with Gasteiger partial charge in [-0.1, -0.05) is 72.6 Å². The largest absolute Gasteiger partial charge is 0.0654 e. The van der Waals surface area contributed by atoms with Crippen LogP contribution in [0, 0.1) is 12.3 Å². The Morgan fingerprint density at radius 2 is 1.43 bits per heavy atom. The zero-order chi connectivity index (χ0) is 10.9. The van der Waals surface area contributed by atoms with Crippen molar-refractivity contribution in [1.82, 2.24) is 0 Å². The predicted molar refractivity (Wildman–Crippen MR) is 66.4 cm³/mol. The summed E-state index contributed by atoms with van der Waals surface area (Å²) >= 11 is 0. The first-order chi connectivity index (χ1) is 6.62. The zero-order valence-electron chi connectivity index (χ0n) is 10.6. The molecule has 0 aliphatic heterocycles. The van der Waals surface area contributed by atoms with E-state index in [1.54, 1.807) is 0 Å². The molecule has 0 heteroatoms. The molecule has 0 aromatic heterocycles. The van der Waals surface area contributed by atoms with E-state index in [1.807, 2.05) is 0 Å². The van der Waals surface area contributed by atoms with E-state index < -0.39 is 0 Å². The Bertz CT molecular complexity index is 113. The van der Waals surface area contributed by atoms with Gasteiger partial charge in [-0.15, -0.1) is 0 Å². The van der Waals surface area contributed by atoms with Gasteiger partial charge in [0.15, 0.2) is 0 Å². The third-order valence-corrected chi connectivity index (χ3v) is 3.06. The average molecular weight is 197 g/mol. The van der Waals surface area contributed by atoms with Crippen LogP contribution in [0.5, 0.6) is 0 Å². The van der Waals surface area contributed by atoms with Crippen molar-refractivity contribution in [3.8, 4) is 0 Å². The van der Waals surface area contributed by atoms with E-state index >= 15 is 0 Å². The second-order valence-electron chi connectivity index (χ2n) is 5.29. The molecule has 0 spiro atoms. The average Bonchev–Trinajstić information content (AvgIpc) is 2.11. The quantitative estimate of drug-likeness (QED) is 0.435. The lowest BCUT2D eigenvalue weighted by atomic mass is 9.83. The van der Waals surface area contributed by atoms with Crippen LogP contribution in [0.4, 0.5) is 0 Å². The topological polar surface area (TPSA) is 0 Å². The minimum absolute atomic E-state index is 0.534. The molecule has 0 fully saturated rings. The maximum Gasteiger partial charge on any atom is -0.0354 e. The van der Waals surface area contributed by atoms with Gasteiger partial charge in [0.2, 0.25) is 0 Å². The normalized spacial score (nSPS) is 12.0. The molecule has 0 N–H and O–H groups in total. The molecule has 0 nitrogen and oxygen atoms in total. The van der Waals surface area contributed by atoms with Crippen LogP contribution in [0.3, 0.4) is 0 Å². The Morgan fingerprint density at radius 1 is 0.857 bits per heavy atom. The molecule has 0 aromatic carbocycles. The monoisotopic (exact) mass is 197 g/mol. The molecular weight excluding hydrogens is 168 g/mol. The first kappa shape index (κ1) is 14.0. The predicted octanol–water partition coefficient (Wildman–Crippen LogP) is 5.38. The molecule has 0 aliphatic rings. The molecule has 0 amide bonds. The van der Waals surface area contributed by atoms with Crippen LogP contribution in [0.1, 0.15) is 78.6 Å². The van der Waals surface area contributed by atoms with E-state index in [-0.39, 0.29) is 0 Å². The van der Waals surface area contributed by atoms with E-state index in [2.05, 4.69) is 27.7 Å². The lowest BCUT2D eigenvalue weighted by Gasteiger charge is -2.23. The van der Waals surface area contributed by atoms with Gasteiger partial charge < -0.3 is 0 Å². The van der Waals surface area contributed by atoms with Crippen molar-refractivity contribution in [3.63, 3.8) is 0 Å². The van der Waals surface area contributed by atoms with Crippen LogP contribution in [-0.4, -0.2) is 0 Å². The number of unbranched alkanes of at least 4 members (excludes halogenated alkanes) is 5. The van der Waals surface area contributed by atoms with Crippen molar-refractivity contribution in [3.05, 3.63) is 6.92 Å². The summed E-state index contributed by atoms with van der Waals surface area (Å²) in [6.07, 6.45) is 12.2. The molecular formula is C14H29. The Morgan fingerprint density at radius 3 is 2.00 bits per heavy atom. The Hall–Kier alpha value is 0. The van der Waals surface area contributed by atoms with Crippen LogP contribution >= 0.6 is 0 Å². The molecule has 14 heavy (non-hydrogen) atoms. The van der Waals surface area contributed by atoms with Crippen molar-refractivity contribution in [2.24, 2.45) is 5.41 Å². The SMILES string of the molecule is [CH2]CCC(C)(C)CCCCCCCC. The second-order valence-corrected chi connectivity index (χ2v) is 5.29.